The smallest absolute Gasteiger partial charge is 0.0422 e. The van der Waals surface area contributed by atoms with Crippen LogP contribution in [0, 0.1) is 0 Å². The minimum Gasteiger partial charge on any atom is -0.380 e. The molecule has 0 saturated carbocycles. The van der Waals surface area contributed by atoms with Gasteiger partial charge in [-0.15, -0.1) is 0 Å². The van der Waals surface area contributed by atoms with Crippen LogP contribution in [0.3, 0.4) is 0 Å². The largest absolute Gasteiger partial charge is 0.380 e. The Bertz CT molecular complexity index is 466. The molecule has 0 heterocycles. The predicted molar refractivity (Wildman–Crippen MR) is 69.0 cm³/mol. The molecule has 0 fully saturated rings. The number of hydrogen-bond acceptors (Lipinski definition) is 1. The zero-order valence-corrected chi connectivity index (χ0v) is 9.72. The van der Waals surface area contributed by atoms with E-state index in [0.717, 1.165) is 29.8 Å². The highest BCUT2D eigenvalue weighted by atomic mass is 14.9. The zero-order valence-electron chi connectivity index (χ0n) is 9.72. The van der Waals surface area contributed by atoms with Gasteiger partial charge < -0.3 is 5.32 Å². The fourth-order valence-electron chi connectivity index (χ4n) is 1.76. The van der Waals surface area contributed by atoms with Crippen LogP contribution in [-0.2, 0) is 13.0 Å². The van der Waals surface area contributed by atoms with Crippen molar-refractivity contribution in [2.45, 2.75) is 19.9 Å². The average molecular weight is 211 g/mol. The number of aryl methyl sites for hydroxylation is 1. The maximum absolute atomic E-state index is 3.94. The normalized spacial score (nSPS) is 14.4. The SMILES string of the molecule is C=C1C=C(NCc2cccc(CC)c2)C1=C. The number of allylic oxidation sites excluding steroid dienone is 2. The van der Waals surface area contributed by atoms with Crippen LogP contribution in [0.15, 0.2) is 60.3 Å². The van der Waals surface area contributed by atoms with Gasteiger partial charge in [0.15, 0.2) is 0 Å². The standard InChI is InChI=1S/C15H17N/c1-4-13-6-5-7-14(9-13)10-16-15-8-11(2)12(15)3/h5-9,16H,2-4,10H2,1H3. The van der Waals surface area contributed by atoms with Crippen molar-refractivity contribution in [2.24, 2.45) is 0 Å². The van der Waals surface area contributed by atoms with E-state index >= 15 is 0 Å². The Morgan fingerprint density at radius 2 is 1.94 bits per heavy atom. The first-order valence-electron chi connectivity index (χ1n) is 5.62. The van der Waals surface area contributed by atoms with E-state index in [1.807, 2.05) is 6.08 Å². The monoisotopic (exact) mass is 211 g/mol. The van der Waals surface area contributed by atoms with E-state index in [9.17, 15) is 0 Å². The molecular weight excluding hydrogens is 194 g/mol. The third-order valence-corrected chi connectivity index (χ3v) is 2.91. The van der Waals surface area contributed by atoms with Crippen LogP contribution in [0.25, 0.3) is 0 Å². The van der Waals surface area contributed by atoms with Crippen LogP contribution in [0.2, 0.25) is 0 Å². The quantitative estimate of drug-likeness (QED) is 0.805. The minimum atomic E-state index is 0.853. The number of benzene rings is 1. The van der Waals surface area contributed by atoms with Crippen LogP contribution >= 0.6 is 0 Å². The summed E-state index contributed by atoms with van der Waals surface area (Å²) in [4.78, 5) is 0. The van der Waals surface area contributed by atoms with Crippen molar-refractivity contribution < 1.29 is 0 Å². The molecule has 1 nitrogen and oxygen atoms in total. The van der Waals surface area contributed by atoms with Crippen molar-refractivity contribution in [3.63, 3.8) is 0 Å². The van der Waals surface area contributed by atoms with Crippen molar-refractivity contribution in [3.8, 4) is 0 Å². The minimum absolute atomic E-state index is 0.853. The van der Waals surface area contributed by atoms with E-state index < -0.39 is 0 Å². The molecule has 0 aliphatic heterocycles. The Balaban J connectivity index is 1.97. The topological polar surface area (TPSA) is 12.0 Å². The van der Waals surface area contributed by atoms with Gasteiger partial charge in [-0.3, -0.25) is 0 Å². The summed E-state index contributed by atoms with van der Waals surface area (Å²) < 4.78 is 0. The molecule has 16 heavy (non-hydrogen) atoms. The fourth-order valence-corrected chi connectivity index (χ4v) is 1.76. The summed E-state index contributed by atoms with van der Waals surface area (Å²) in [5.74, 6) is 0. The van der Waals surface area contributed by atoms with Crippen molar-refractivity contribution in [2.75, 3.05) is 0 Å². The summed E-state index contributed by atoms with van der Waals surface area (Å²) in [6, 6.07) is 8.65. The highest BCUT2D eigenvalue weighted by Gasteiger charge is 2.14. The Morgan fingerprint density at radius 1 is 1.19 bits per heavy atom. The lowest BCUT2D eigenvalue weighted by Gasteiger charge is -2.22. The second-order valence-electron chi connectivity index (χ2n) is 4.09. The first-order valence-corrected chi connectivity index (χ1v) is 5.62. The van der Waals surface area contributed by atoms with Gasteiger partial charge in [0.25, 0.3) is 0 Å². The molecule has 1 aliphatic carbocycles. The van der Waals surface area contributed by atoms with E-state index in [2.05, 4.69) is 49.7 Å². The van der Waals surface area contributed by atoms with Gasteiger partial charge in [-0.05, 0) is 34.8 Å². The summed E-state index contributed by atoms with van der Waals surface area (Å²) in [6.07, 6.45) is 3.12. The lowest BCUT2D eigenvalue weighted by molar-refractivity contribution is 0.808. The maximum atomic E-state index is 3.94. The molecule has 1 aliphatic rings. The first kappa shape index (κ1) is 10.7. The second kappa shape index (κ2) is 4.40. The van der Waals surface area contributed by atoms with Crippen LogP contribution in [-0.4, -0.2) is 0 Å². The van der Waals surface area contributed by atoms with E-state index in [4.69, 9.17) is 0 Å². The molecule has 0 unspecified atom stereocenters. The second-order valence-corrected chi connectivity index (χ2v) is 4.09. The molecule has 0 radical (unpaired) electrons. The Morgan fingerprint density at radius 3 is 2.56 bits per heavy atom. The summed E-state index contributed by atoms with van der Waals surface area (Å²) >= 11 is 0. The highest BCUT2D eigenvalue weighted by molar-refractivity contribution is 5.60. The van der Waals surface area contributed by atoms with Gasteiger partial charge in [0.1, 0.15) is 0 Å². The highest BCUT2D eigenvalue weighted by Crippen LogP contribution is 2.26. The van der Waals surface area contributed by atoms with Gasteiger partial charge in [-0.1, -0.05) is 44.3 Å². The Kier molecular flexibility index (Phi) is 2.95. The molecule has 82 valence electrons. The average Bonchev–Trinajstić information content (AvgIpc) is 2.34. The van der Waals surface area contributed by atoms with E-state index in [0.29, 0.717) is 0 Å². The molecule has 0 aromatic heterocycles. The van der Waals surface area contributed by atoms with E-state index in [1.165, 1.54) is 11.1 Å². The molecule has 1 aromatic rings. The molecule has 0 atom stereocenters. The molecule has 1 aromatic carbocycles. The van der Waals surface area contributed by atoms with Gasteiger partial charge in [0.2, 0.25) is 0 Å². The lowest BCUT2D eigenvalue weighted by atomic mass is 9.94. The summed E-state index contributed by atoms with van der Waals surface area (Å²) in [7, 11) is 0. The summed E-state index contributed by atoms with van der Waals surface area (Å²) in [5, 5.41) is 3.37. The summed E-state index contributed by atoms with van der Waals surface area (Å²) in [6.45, 7) is 10.8. The number of hydrogen-bond donors (Lipinski definition) is 1. The van der Waals surface area contributed by atoms with Gasteiger partial charge in [-0.2, -0.15) is 0 Å². The third-order valence-electron chi connectivity index (χ3n) is 2.91. The van der Waals surface area contributed by atoms with Crippen LogP contribution in [0.4, 0.5) is 0 Å². The van der Waals surface area contributed by atoms with Gasteiger partial charge >= 0.3 is 0 Å². The Hall–Kier alpha value is -1.76. The van der Waals surface area contributed by atoms with Gasteiger partial charge in [-0.25, -0.2) is 0 Å². The van der Waals surface area contributed by atoms with E-state index in [-0.39, 0.29) is 0 Å². The molecule has 0 bridgehead atoms. The van der Waals surface area contributed by atoms with Crippen LogP contribution in [0.5, 0.6) is 0 Å². The summed E-state index contributed by atoms with van der Waals surface area (Å²) in [5.41, 5.74) is 5.87. The van der Waals surface area contributed by atoms with Crippen molar-refractivity contribution in [1.82, 2.24) is 5.32 Å². The molecule has 1 N–H and O–H groups in total. The molecule has 0 spiro atoms. The number of nitrogens with one attached hydrogen (secondary N) is 1. The van der Waals surface area contributed by atoms with Gasteiger partial charge in [0.05, 0.1) is 0 Å². The predicted octanol–water partition coefficient (Wildman–Crippen LogP) is 3.35. The molecular formula is C15H17N. The van der Waals surface area contributed by atoms with Crippen LogP contribution in [0.1, 0.15) is 18.1 Å². The third kappa shape index (κ3) is 2.08. The molecule has 2 rings (SSSR count). The molecule has 0 amide bonds. The lowest BCUT2D eigenvalue weighted by Crippen LogP contribution is -2.20. The number of rotatable bonds is 4. The fraction of sp³-hybridized carbons (Fsp3) is 0.200. The van der Waals surface area contributed by atoms with Crippen molar-refractivity contribution in [1.29, 1.82) is 0 Å². The Labute approximate surface area is 97.2 Å². The maximum Gasteiger partial charge on any atom is 0.0422 e. The van der Waals surface area contributed by atoms with Crippen molar-refractivity contribution in [3.05, 3.63) is 71.5 Å². The zero-order chi connectivity index (χ0) is 11.5. The van der Waals surface area contributed by atoms with Crippen molar-refractivity contribution >= 4 is 0 Å². The van der Waals surface area contributed by atoms with E-state index in [1.54, 1.807) is 0 Å². The molecule has 1 heteroatoms. The van der Waals surface area contributed by atoms with Crippen LogP contribution < -0.4 is 5.32 Å². The first-order chi connectivity index (χ1) is 7.70. The molecule has 0 saturated heterocycles. The van der Waals surface area contributed by atoms with Gasteiger partial charge in [0, 0.05) is 12.2 Å².